The lowest BCUT2D eigenvalue weighted by Gasteiger charge is -2.25. The van der Waals surface area contributed by atoms with E-state index in [1.807, 2.05) is 43.5 Å². The molecule has 0 N–H and O–H groups in total. The van der Waals surface area contributed by atoms with E-state index in [9.17, 15) is 4.79 Å². The molecule has 0 aliphatic rings. The van der Waals surface area contributed by atoms with Crippen molar-refractivity contribution >= 4 is 50.8 Å². The Morgan fingerprint density at radius 3 is 2.87 bits per heavy atom. The number of carbonyl (C=O) groups excluding carboxylic acids is 1. The third-order valence-electron chi connectivity index (χ3n) is 4.38. The van der Waals surface area contributed by atoms with Crippen molar-refractivity contribution in [3.63, 3.8) is 0 Å². The normalized spacial score (nSPS) is 11.3. The maximum Gasteiger partial charge on any atom is 0.249 e. The molecule has 4 rings (SSSR count). The molecule has 3 aromatic heterocycles. The number of fused-ring (bicyclic) bond motifs is 1. The monoisotopic (exact) mass is 459 g/mol. The van der Waals surface area contributed by atoms with Gasteiger partial charge in [0.25, 0.3) is 0 Å². The summed E-state index contributed by atoms with van der Waals surface area (Å²) in [5, 5.41) is 12.5. The van der Waals surface area contributed by atoms with Gasteiger partial charge in [0, 0.05) is 11.4 Å². The van der Waals surface area contributed by atoms with E-state index < -0.39 is 0 Å². The average molecular weight is 460 g/mol. The van der Waals surface area contributed by atoms with E-state index in [1.165, 1.54) is 18.1 Å². The molecule has 4 aromatic rings. The molecule has 0 bridgehead atoms. The summed E-state index contributed by atoms with van der Waals surface area (Å²) in [6, 6.07) is 9.21. The number of hydrogen-bond donors (Lipinski definition) is 0. The van der Waals surface area contributed by atoms with Gasteiger partial charge < -0.3 is 9.32 Å². The highest BCUT2D eigenvalue weighted by Gasteiger charge is 2.22. The van der Waals surface area contributed by atoms with Crippen molar-refractivity contribution < 1.29 is 9.21 Å². The zero-order valence-corrected chi connectivity index (χ0v) is 18.7. The third-order valence-corrected chi connectivity index (χ3v) is 6.52. The Morgan fingerprint density at radius 1 is 1.23 bits per heavy atom. The molecule has 1 aromatic carbocycles. The van der Waals surface area contributed by atoms with Gasteiger partial charge in [0.15, 0.2) is 0 Å². The minimum atomic E-state index is -0.0329. The van der Waals surface area contributed by atoms with Crippen LogP contribution in [0.2, 0.25) is 5.02 Å². The number of thiophene rings is 1. The van der Waals surface area contributed by atoms with Crippen molar-refractivity contribution in [2.45, 2.75) is 31.5 Å². The van der Waals surface area contributed by atoms with Gasteiger partial charge in [0.2, 0.25) is 17.7 Å². The van der Waals surface area contributed by atoms with Crippen LogP contribution in [0.4, 0.5) is 0 Å². The molecule has 1 amide bonds. The van der Waals surface area contributed by atoms with E-state index >= 15 is 0 Å². The number of aromatic nitrogens is 4. The number of rotatable bonds is 7. The molecule has 0 radical (unpaired) electrons. The van der Waals surface area contributed by atoms with Crippen LogP contribution < -0.4 is 0 Å². The van der Waals surface area contributed by atoms with Crippen molar-refractivity contribution in [2.75, 3.05) is 5.75 Å². The molecular weight excluding hydrogens is 442 g/mol. The summed E-state index contributed by atoms with van der Waals surface area (Å²) in [7, 11) is 0. The number of halogens is 1. The molecule has 0 fully saturated rings. The van der Waals surface area contributed by atoms with Gasteiger partial charge in [0.05, 0.1) is 22.9 Å². The number of amides is 1. The van der Waals surface area contributed by atoms with Crippen LogP contribution in [0, 0.1) is 0 Å². The van der Waals surface area contributed by atoms with Gasteiger partial charge in [-0.25, -0.2) is 9.97 Å². The van der Waals surface area contributed by atoms with Crippen molar-refractivity contribution in [3.05, 3.63) is 53.0 Å². The zero-order chi connectivity index (χ0) is 21.1. The van der Waals surface area contributed by atoms with Gasteiger partial charge in [-0.15, -0.1) is 21.5 Å². The standard InChI is InChI=1S/C20H18ClN5O2S2/c1-12(2)26(9-16-24-25-18(28-16)13-5-3-4-6-15(13)21)17(27)10-30-20-14-7-8-29-19(14)22-11-23-20/h3-8,11-12H,9-10H2,1-2H3. The van der Waals surface area contributed by atoms with E-state index in [-0.39, 0.29) is 24.2 Å². The lowest BCUT2D eigenvalue weighted by atomic mass is 10.2. The molecular formula is C20H18ClN5O2S2. The minimum absolute atomic E-state index is 0.0275. The van der Waals surface area contributed by atoms with Gasteiger partial charge >= 0.3 is 0 Å². The van der Waals surface area contributed by atoms with Gasteiger partial charge in [-0.05, 0) is 37.4 Å². The van der Waals surface area contributed by atoms with E-state index in [2.05, 4.69) is 20.2 Å². The highest BCUT2D eigenvalue weighted by molar-refractivity contribution is 8.00. The van der Waals surface area contributed by atoms with E-state index in [4.69, 9.17) is 16.0 Å². The van der Waals surface area contributed by atoms with Gasteiger partial charge in [-0.3, -0.25) is 4.79 Å². The van der Waals surface area contributed by atoms with Gasteiger partial charge in [0.1, 0.15) is 16.2 Å². The van der Waals surface area contributed by atoms with Crippen LogP contribution in [-0.4, -0.2) is 42.8 Å². The summed E-state index contributed by atoms with van der Waals surface area (Å²) in [5.41, 5.74) is 0.666. The summed E-state index contributed by atoms with van der Waals surface area (Å²) in [6.45, 7) is 4.14. The summed E-state index contributed by atoms with van der Waals surface area (Å²) in [6.07, 6.45) is 1.53. The fourth-order valence-electron chi connectivity index (χ4n) is 2.86. The predicted molar refractivity (Wildman–Crippen MR) is 119 cm³/mol. The SMILES string of the molecule is CC(C)N(Cc1nnc(-c2ccccc2Cl)o1)C(=O)CSc1ncnc2sccc12. The smallest absolute Gasteiger partial charge is 0.249 e. The fourth-order valence-corrected chi connectivity index (χ4v) is 4.74. The number of thioether (sulfide) groups is 1. The molecule has 0 atom stereocenters. The fraction of sp³-hybridized carbons (Fsp3) is 0.250. The molecule has 7 nitrogen and oxygen atoms in total. The van der Waals surface area contributed by atoms with Crippen LogP contribution in [0.3, 0.4) is 0 Å². The zero-order valence-electron chi connectivity index (χ0n) is 16.3. The lowest BCUT2D eigenvalue weighted by Crippen LogP contribution is -2.37. The second-order valence-electron chi connectivity index (χ2n) is 6.70. The topological polar surface area (TPSA) is 85.0 Å². The first-order valence-electron chi connectivity index (χ1n) is 9.20. The molecule has 0 spiro atoms. The van der Waals surface area contributed by atoms with Crippen LogP contribution in [0.1, 0.15) is 19.7 Å². The summed E-state index contributed by atoms with van der Waals surface area (Å²) in [4.78, 5) is 24.1. The lowest BCUT2D eigenvalue weighted by molar-refractivity contribution is -0.131. The molecule has 154 valence electrons. The van der Waals surface area contributed by atoms with Crippen LogP contribution in [0.5, 0.6) is 0 Å². The Kier molecular flexibility index (Phi) is 6.31. The van der Waals surface area contributed by atoms with Crippen LogP contribution in [-0.2, 0) is 11.3 Å². The van der Waals surface area contributed by atoms with Crippen molar-refractivity contribution in [3.8, 4) is 11.5 Å². The Bertz CT molecular complexity index is 1180. The minimum Gasteiger partial charge on any atom is -0.419 e. The molecule has 0 saturated carbocycles. The largest absolute Gasteiger partial charge is 0.419 e. The first-order valence-corrected chi connectivity index (χ1v) is 11.4. The quantitative estimate of drug-likeness (QED) is 0.286. The molecule has 0 unspecified atom stereocenters. The summed E-state index contributed by atoms with van der Waals surface area (Å²) in [5.74, 6) is 0.918. The first kappa shape index (κ1) is 20.8. The van der Waals surface area contributed by atoms with Crippen LogP contribution in [0.25, 0.3) is 21.7 Å². The Labute approximate surface area is 186 Å². The maximum atomic E-state index is 12.9. The molecule has 0 saturated heterocycles. The third kappa shape index (κ3) is 4.48. The summed E-state index contributed by atoms with van der Waals surface area (Å²) >= 11 is 9.16. The Balaban J connectivity index is 1.46. The van der Waals surface area contributed by atoms with Crippen molar-refractivity contribution in [1.82, 2.24) is 25.1 Å². The number of benzene rings is 1. The second kappa shape index (κ2) is 9.11. The first-order chi connectivity index (χ1) is 14.5. The number of hydrogen-bond acceptors (Lipinski definition) is 8. The van der Waals surface area contributed by atoms with Crippen molar-refractivity contribution in [2.24, 2.45) is 0 Å². The molecule has 0 aliphatic heterocycles. The van der Waals surface area contributed by atoms with E-state index in [0.717, 1.165) is 15.2 Å². The van der Waals surface area contributed by atoms with Gasteiger partial charge in [-0.2, -0.15) is 0 Å². The molecule has 0 aliphatic carbocycles. The summed E-state index contributed by atoms with van der Waals surface area (Å²) < 4.78 is 5.76. The number of carbonyl (C=O) groups is 1. The molecule has 10 heteroatoms. The van der Waals surface area contributed by atoms with E-state index in [0.29, 0.717) is 22.4 Å². The van der Waals surface area contributed by atoms with Crippen LogP contribution in [0.15, 0.2) is 51.5 Å². The number of nitrogens with zero attached hydrogens (tertiary/aromatic N) is 5. The van der Waals surface area contributed by atoms with Crippen molar-refractivity contribution in [1.29, 1.82) is 0 Å². The Morgan fingerprint density at radius 2 is 2.07 bits per heavy atom. The van der Waals surface area contributed by atoms with Crippen LogP contribution >= 0.6 is 34.7 Å². The maximum absolute atomic E-state index is 12.9. The Hall–Kier alpha value is -2.49. The van der Waals surface area contributed by atoms with E-state index in [1.54, 1.807) is 22.3 Å². The molecule has 30 heavy (non-hydrogen) atoms. The highest BCUT2D eigenvalue weighted by atomic mass is 35.5. The predicted octanol–water partition coefficient (Wildman–Crippen LogP) is 4.92. The second-order valence-corrected chi connectivity index (χ2v) is 8.97. The highest BCUT2D eigenvalue weighted by Crippen LogP contribution is 2.29. The molecule has 3 heterocycles. The van der Waals surface area contributed by atoms with Gasteiger partial charge in [-0.1, -0.05) is 35.5 Å². The average Bonchev–Trinajstić information content (AvgIpc) is 3.40.